The van der Waals surface area contributed by atoms with Crippen molar-refractivity contribution in [2.24, 2.45) is 5.73 Å². The van der Waals surface area contributed by atoms with Gasteiger partial charge in [-0.3, -0.25) is 9.78 Å². The standard InChI is InChI=1S/C21H22IN3O/c1-3-14-10-16(5-7-20(14)22-2)19(12-23)21(26)25-18-6-4-17-13-24-9-8-15(17)11-18/h4-11,13,19H,2-3,12,23H2,1H3,(H,25,26). The lowest BCUT2D eigenvalue weighted by molar-refractivity contribution is -0.117. The van der Waals surface area contributed by atoms with Crippen molar-refractivity contribution in [3.63, 3.8) is 0 Å². The van der Waals surface area contributed by atoms with Gasteiger partial charge < -0.3 is 11.1 Å². The second kappa shape index (κ2) is 8.51. The minimum absolute atomic E-state index is 0.0833. The van der Waals surface area contributed by atoms with Crippen LogP contribution in [0.15, 0.2) is 54.9 Å². The number of carbonyl (C=O) groups excluding carboxylic acids is 1. The Morgan fingerprint density at radius 2 is 2.08 bits per heavy atom. The van der Waals surface area contributed by atoms with E-state index in [2.05, 4.69) is 33.9 Å². The van der Waals surface area contributed by atoms with Crippen molar-refractivity contribution in [3.8, 4) is 0 Å². The second-order valence-corrected chi connectivity index (χ2v) is 7.98. The number of amides is 1. The van der Waals surface area contributed by atoms with Gasteiger partial charge in [-0.1, -0.05) is 50.4 Å². The molecule has 0 saturated heterocycles. The van der Waals surface area contributed by atoms with E-state index in [9.17, 15) is 4.79 Å². The number of aromatic nitrogens is 1. The van der Waals surface area contributed by atoms with Gasteiger partial charge in [0.1, 0.15) is 0 Å². The van der Waals surface area contributed by atoms with Gasteiger partial charge in [0.25, 0.3) is 0 Å². The van der Waals surface area contributed by atoms with Crippen LogP contribution in [-0.2, 0) is 11.2 Å². The molecule has 1 aromatic heterocycles. The minimum atomic E-state index is -0.370. The van der Waals surface area contributed by atoms with E-state index in [0.717, 1.165) is 28.4 Å². The Hall–Kier alpha value is -2.12. The zero-order valence-corrected chi connectivity index (χ0v) is 16.9. The topological polar surface area (TPSA) is 68.0 Å². The van der Waals surface area contributed by atoms with Crippen molar-refractivity contribution in [3.05, 3.63) is 69.6 Å². The van der Waals surface area contributed by atoms with Crippen LogP contribution >= 0.6 is 20.7 Å². The summed E-state index contributed by atoms with van der Waals surface area (Å²) in [6, 6.07) is 14.0. The number of benzene rings is 2. The Morgan fingerprint density at radius 3 is 2.81 bits per heavy atom. The number of anilines is 1. The third-order valence-electron chi connectivity index (χ3n) is 4.46. The van der Waals surface area contributed by atoms with E-state index < -0.39 is 0 Å². The van der Waals surface area contributed by atoms with E-state index >= 15 is 0 Å². The summed E-state index contributed by atoms with van der Waals surface area (Å²) in [5, 5.41) is 5.09. The van der Waals surface area contributed by atoms with Crippen LogP contribution in [0.4, 0.5) is 5.69 Å². The summed E-state index contributed by atoms with van der Waals surface area (Å²) >= 11 is -0.216. The number of nitrogens with two attached hydrogens (primary N) is 1. The van der Waals surface area contributed by atoms with E-state index in [1.165, 1.54) is 9.13 Å². The summed E-state index contributed by atoms with van der Waals surface area (Å²) in [6.07, 6.45) is 4.49. The molecule has 0 fully saturated rings. The normalized spacial score (nSPS) is 12.1. The molecule has 1 heterocycles. The third kappa shape index (κ3) is 3.99. The zero-order valence-electron chi connectivity index (χ0n) is 14.7. The maximum atomic E-state index is 12.8. The highest BCUT2D eigenvalue weighted by Crippen LogP contribution is 2.25. The van der Waals surface area contributed by atoms with Gasteiger partial charge in [-0.05, 0) is 47.2 Å². The molecule has 3 rings (SSSR count). The molecule has 26 heavy (non-hydrogen) atoms. The van der Waals surface area contributed by atoms with E-state index in [4.69, 9.17) is 5.73 Å². The molecular formula is C21H22IN3O. The Morgan fingerprint density at radius 1 is 1.23 bits per heavy atom. The number of halogens is 1. The van der Waals surface area contributed by atoms with Crippen molar-refractivity contribution >= 4 is 47.6 Å². The van der Waals surface area contributed by atoms with Crippen molar-refractivity contribution in [1.82, 2.24) is 4.98 Å². The van der Waals surface area contributed by atoms with Crippen LogP contribution in [0.1, 0.15) is 24.0 Å². The van der Waals surface area contributed by atoms with Gasteiger partial charge in [-0.15, -0.1) is 0 Å². The Labute approximate surface area is 163 Å². The molecule has 0 aliphatic rings. The molecule has 1 unspecified atom stereocenters. The van der Waals surface area contributed by atoms with Crippen LogP contribution in [0.5, 0.6) is 0 Å². The maximum absolute atomic E-state index is 12.8. The SMILES string of the molecule is C=Ic1ccc(C(CN)C(=O)Nc2ccc3cnccc3c2)cc1CC. The first-order valence-electron chi connectivity index (χ1n) is 8.52. The van der Waals surface area contributed by atoms with Gasteiger partial charge in [0.2, 0.25) is 5.91 Å². The highest BCUT2D eigenvalue weighted by Gasteiger charge is 2.20. The number of rotatable bonds is 6. The Kier molecular flexibility index (Phi) is 6.11. The number of nitrogens with one attached hydrogen (secondary N) is 1. The molecule has 2 aromatic carbocycles. The first-order chi connectivity index (χ1) is 12.7. The second-order valence-electron chi connectivity index (χ2n) is 6.05. The van der Waals surface area contributed by atoms with Crippen LogP contribution in [0.2, 0.25) is 0 Å². The van der Waals surface area contributed by atoms with Crippen LogP contribution in [0.3, 0.4) is 0 Å². The fourth-order valence-electron chi connectivity index (χ4n) is 3.00. The number of nitrogens with zero attached hydrogens (tertiary/aromatic N) is 1. The first-order valence-corrected chi connectivity index (χ1v) is 11.1. The van der Waals surface area contributed by atoms with Gasteiger partial charge in [-0.25, -0.2) is 0 Å². The van der Waals surface area contributed by atoms with Gasteiger partial charge in [0.15, 0.2) is 0 Å². The number of hydrogen-bond donors (Lipinski definition) is 2. The zero-order chi connectivity index (χ0) is 18.5. The van der Waals surface area contributed by atoms with Gasteiger partial charge in [-0.2, -0.15) is 0 Å². The molecule has 5 heteroatoms. The third-order valence-corrected chi connectivity index (χ3v) is 6.33. The van der Waals surface area contributed by atoms with Crippen LogP contribution in [0, 0.1) is 3.57 Å². The van der Waals surface area contributed by atoms with Gasteiger partial charge in [0, 0.05) is 33.6 Å². The number of hydrogen-bond acceptors (Lipinski definition) is 3. The summed E-state index contributed by atoms with van der Waals surface area (Å²) in [5.41, 5.74) is 8.94. The summed E-state index contributed by atoms with van der Waals surface area (Å²) in [5.74, 6) is -0.453. The molecule has 0 spiro atoms. The van der Waals surface area contributed by atoms with Crippen molar-refractivity contribution in [2.75, 3.05) is 11.9 Å². The van der Waals surface area contributed by atoms with Crippen molar-refractivity contribution < 1.29 is 4.79 Å². The largest absolute Gasteiger partial charge is 0.329 e. The highest BCUT2D eigenvalue weighted by atomic mass is 127. The van der Waals surface area contributed by atoms with E-state index in [1.807, 2.05) is 36.5 Å². The van der Waals surface area contributed by atoms with Crippen LogP contribution < -0.4 is 11.1 Å². The summed E-state index contributed by atoms with van der Waals surface area (Å²) in [7, 11) is 0. The lowest BCUT2D eigenvalue weighted by Gasteiger charge is -2.17. The molecule has 3 N–H and O–H groups in total. The first kappa shape index (κ1) is 18.7. The molecule has 0 aliphatic carbocycles. The smallest absolute Gasteiger partial charge is 0.233 e. The maximum Gasteiger partial charge on any atom is 0.233 e. The predicted molar refractivity (Wildman–Crippen MR) is 118 cm³/mol. The lowest BCUT2D eigenvalue weighted by atomic mass is 9.95. The molecule has 4 nitrogen and oxygen atoms in total. The van der Waals surface area contributed by atoms with Crippen LogP contribution in [0.25, 0.3) is 10.8 Å². The molecule has 0 bridgehead atoms. The summed E-state index contributed by atoms with van der Waals surface area (Å²) < 4.78 is 5.40. The highest BCUT2D eigenvalue weighted by molar-refractivity contribution is 14.2. The minimum Gasteiger partial charge on any atom is -0.329 e. The Bertz CT molecular complexity index is 955. The van der Waals surface area contributed by atoms with E-state index in [0.29, 0.717) is 0 Å². The van der Waals surface area contributed by atoms with Gasteiger partial charge in [0.05, 0.1) is 5.92 Å². The molecule has 0 saturated carbocycles. The number of fused-ring (bicyclic) bond motifs is 1. The fourth-order valence-corrected chi connectivity index (χ4v) is 4.46. The Balaban J connectivity index is 1.85. The average molecular weight is 459 g/mol. The quantitative estimate of drug-likeness (QED) is 0.547. The fraction of sp³-hybridized carbons (Fsp3) is 0.190. The average Bonchev–Trinajstić information content (AvgIpc) is 2.68. The summed E-state index contributed by atoms with van der Waals surface area (Å²) in [6.45, 7) is 2.40. The molecule has 134 valence electrons. The van der Waals surface area contributed by atoms with Crippen LogP contribution in [-0.4, -0.2) is 22.0 Å². The molecule has 0 aliphatic heterocycles. The molecule has 0 radical (unpaired) electrons. The molecular weight excluding hydrogens is 437 g/mol. The molecule has 1 atom stereocenters. The number of pyridine rings is 1. The van der Waals surface area contributed by atoms with E-state index in [1.54, 1.807) is 6.20 Å². The number of aryl methyl sites for hydroxylation is 1. The molecule has 1 amide bonds. The van der Waals surface area contributed by atoms with Crippen molar-refractivity contribution in [1.29, 1.82) is 0 Å². The van der Waals surface area contributed by atoms with E-state index in [-0.39, 0.29) is 39.1 Å². The number of carbonyl (C=O) groups is 1. The lowest BCUT2D eigenvalue weighted by Crippen LogP contribution is -2.27. The van der Waals surface area contributed by atoms with Crippen molar-refractivity contribution in [2.45, 2.75) is 19.3 Å². The summed E-state index contributed by atoms with van der Waals surface area (Å²) in [4.78, 5) is 16.9. The van der Waals surface area contributed by atoms with Gasteiger partial charge >= 0.3 is 0 Å². The molecule has 3 aromatic rings. The monoisotopic (exact) mass is 459 g/mol. The predicted octanol–water partition coefficient (Wildman–Crippen LogP) is 4.05.